The number of carbonyl (C=O) groups excluding carboxylic acids is 1. The lowest BCUT2D eigenvalue weighted by Gasteiger charge is -2.25. The van der Waals surface area contributed by atoms with Gasteiger partial charge in [-0.2, -0.15) is 0 Å². The second kappa shape index (κ2) is 9.64. The molecule has 0 aliphatic carbocycles. The number of fused-ring (bicyclic) bond motifs is 1. The first-order chi connectivity index (χ1) is 16.3. The highest BCUT2D eigenvalue weighted by molar-refractivity contribution is 7.92. The molecule has 0 radical (unpaired) electrons. The molecule has 1 aliphatic rings. The number of sulfonamides is 1. The van der Waals surface area contributed by atoms with E-state index in [1.165, 1.54) is 4.31 Å². The number of ether oxygens (including phenoxy) is 3. The van der Waals surface area contributed by atoms with Crippen LogP contribution in [0.1, 0.15) is 17.5 Å². The van der Waals surface area contributed by atoms with E-state index < -0.39 is 10.0 Å². The van der Waals surface area contributed by atoms with Gasteiger partial charge in [0.05, 0.1) is 17.7 Å². The molecule has 0 aromatic heterocycles. The second-order valence-electron chi connectivity index (χ2n) is 7.89. The average Bonchev–Trinajstić information content (AvgIpc) is 3.29. The molecule has 0 bridgehead atoms. The third-order valence-corrected chi connectivity index (χ3v) is 7.45. The molecule has 0 unspecified atom stereocenters. The average molecular weight is 483 g/mol. The number of benzene rings is 3. The van der Waals surface area contributed by atoms with Crippen molar-refractivity contribution in [1.29, 1.82) is 0 Å². The number of carbonyl (C=O) groups is 1. The van der Waals surface area contributed by atoms with Gasteiger partial charge in [0.25, 0.3) is 10.0 Å². The Bertz CT molecular complexity index is 1310. The zero-order valence-corrected chi connectivity index (χ0v) is 20.0. The van der Waals surface area contributed by atoms with Crippen LogP contribution in [0.5, 0.6) is 17.2 Å². The van der Waals surface area contributed by atoms with Crippen molar-refractivity contribution in [2.24, 2.45) is 0 Å². The number of aryl methyl sites for hydroxylation is 2. The van der Waals surface area contributed by atoms with E-state index in [1.54, 1.807) is 67.8 Å². The summed E-state index contributed by atoms with van der Waals surface area (Å²) in [6.45, 7) is 3.89. The van der Waals surface area contributed by atoms with Gasteiger partial charge in [-0.25, -0.2) is 8.42 Å². The van der Waals surface area contributed by atoms with Crippen molar-refractivity contribution >= 4 is 27.3 Å². The molecule has 178 valence electrons. The fraction of sp³-hybridized carbons (Fsp3) is 0.240. The van der Waals surface area contributed by atoms with Crippen molar-refractivity contribution in [3.05, 3.63) is 71.8 Å². The maximum Gasteiger partial charge on any atom is 0.264 e. The van der Waals surface area contributed by atoms with Crippen molar-refractivity contribution in [3.8, 4) is 17.2 Å². The van der Waals surface area contributed by atoms with Crippen molar-refractivity contribution in [2.75, 3.05) is 30.1 Å². The Morgan fingerprint density at radius 1 is 0.971 bits per heavy atom. The quantitative estimate of drug-likeness (QED) is 0.516. The molecule has 3 aromatic rings. The number of hydrogen-bond donors (Lipinski definition) is 1. The summed E-state index contributed by atoms with van der Waals surface area (Å²) < 4.78 is 44.2. The van der Waals surface area contributed by atoms with Gasteiger partial charge < -0.3 is 19.5 Å². The van der Waals surface area contributed by atoms with Gasteiger partial charge in [-0.1, -0.05) is 6.07 Å². The Hall–Kier alpha value is -3.72. The van der Waals surface area contributed by atoms with Crippen molar-refractivity contribution < 1.29 is 27.4 Å². The number of methoxy groups -OCH3 is 1. The molecular weight excluding hydrogens is 456 g/mol. The van der Waals surface area contributed by atoms with Crippen LogP contribution in [0.4, 0.5) is 11.4 Å². The minimum atomic E-state index is -3.91. The van der Waals surface area contributed by atoms with E-state index >= 15 is 0 Å². The third-order valence-electron chi connectivity index (χ3n) is 5.63. The fourth-order valence-corrected chi connectivity index (χ4v) is 5.09. The minimum Gasteiger partial charge on any atom is -0.497 e. The molecular formula is C25H26N2O6S. The van der Waals surface area contributed by atoms with E-state index in [0.29, 0.717) is 28.6 Å². The van der Waals surface area contributed by atoms with Crippen molar-refractivity contribution in [1.82, 2.24) is 0 Å². The molecule has 8 nitrogen and oxygen atoms in total. The lowest BCUT2D eigenvalue weighted by Crippen LogP contribution is -2.34. The Morgan fingerprint density at radius 3 is 2.41 bits per heavy atom. The zero-order valence-electron chi connectivity index (χ0n) is 19.2. The number of amides is 1. The zero-order chi connectivity index (χ0) is 24.3. The molecule has 34 heavy (non-hydrogen) atoms. The van der Waals surface area contributed by atoms with Gasteiger partial charge in [-0.3, -0.25) is 9.10 Å². The molecule has 0 fully saturated rings. The normalized spacial score (nSPS) is 12.3. The SMILES string of the molecule is COc1ccc(N(CCC(=O)Nc2ccc3c(c2)OCO3)S(=O)(=O)c2ccc(C)c(C)c2)cc1. The number of rotatable bonds is 8. The molecule has 0 saturated heterocycles. The van der Waals surface area contributed by atoms with Crippen LogP contribution in [-0.4, -0.2) is 34.8 Å². The van der Waals surface area contributed by atoms with E-state index in [-0.39, 0.29) is 30.6 Å². The van der Waals surface area contributed by atoms with Crippen molar-refractivity contribution in [3.63, 3.8) is 0 Å². The van der Waals surface area contributed by atoms with Crippen LogP contribution in [0.3, 0.4) is 0 Å². The first kappa shape index (κ1) is 23.4. The molecule has 1 heterocycles. The first-order valence-corrected chi connectivity index (χ1v) is 12.2. The maximum absolute atomic E-state index is 13.6. The summed E-state index contributed by atoms with van der Waals surface area (Å²) in [5.41, 5.74) is 2.85. The van der Waals surface area contributed by atoms with Gasteiger partial charge >= 0.3 is 0 Å². The molecule has 0 spiro atoms. The van der Waals surface area contributed by atoms with Crippen LogP contribution in [0, 0.1) is 13.8 Å². The largest absolute Gasteiger partial charge is 0.497 e. The van der Waals surface area contributed by atoms with Crippen LogP contribution in [-0.2, 0) is 14.8 Å². The maximum atomic E-state index is 13.6. The minimum absolute atomic E-state index is 0.0437. The molecule has 3 aromatic carbocycles. The van der Waals surface area contributed by atoms with Crippen LogP contribution in [0.25, 0.3) is 0 Å². The Balaban J connectivity index is 1.56. The van der Waals surface area contributed by atoms with Crippen molar-refractivity contribution in [2.45, 2.75) is 25.2 Å². The van der Waals surface area contributed by atoms with Crippen LogP contribution in [0.15, 0.2) is 65.6 Å². The van der Waals surface area contributed by atoms with Gasteiger partial charge in [0.1, 0.15) is 5.75 Å². The van der Waals surface area contributed by atoms with E-state index in [9.17, 15) is 13.2 Å². The highest BCUT2D eigenvalue weighted by atomic mass is 32.2. The highest BCUT2D eigenvalue weighted by Gasteiger charge is 2.26. The monoisotopic (exact) mass is 482 g/mol. The van der Waals surface area contributed by atoms with Crippen LogP contribution in [0.2, 0.25) is 0 Å². The van der Waals surface area contributed by atoms with E-state index in [2.05, 4.69) is 5.32 Å². The lowest BCUT2D eigenvalue weighted by atomic mass is 10.1. The smallest absolute Gasteiger partial charge is 0.264 e. The van der Waals surface area contributed by atoms with Gasteiger partial charge in [0, 0.05) is 24.7 Å². The standard InChI is InChI=1S/C25H26N2O6S/c1-17-4-10-22(14-18(17)2)34(29,30)27(20-6-8-21(31-3)9-7-20)13-12-25(28)26-19-5-11-23-24(15-19)33-16-32-23/h4-11,14-15H,12-13,16H2,1-3H3,(H,26,28). The lowest BCUT2D eigenvalue weighted by molar-refractivity contribution is -0.116. The molecule has 9 heteroatoms. The summed E-state index contributed by atoms with van der Waals surface area (Å²) >= 11 is 0. The molecule has 1 amide bonds. The molecule has 0 atom stereocenters. The van der Waals surface area contributed by atoms with E-state index in [0.717, 1.165) is 11.1 Å². The Morgan fingerprint density at radius 2 is 1.71 bits per heavy atom. The molecule has 1 aliphatic heterocycles. The van der Waals surface area contributed by atoms with Gasteiger partial charge in [-0.05, 0) is 73.5 Å². The fourth-order valence-electron chi connectivity index (χ4n) is 3.54. The summed E-state index contributed by atoms with van der Waals surface area (Å²) in [6.07, 6.45) is -0.0510. The predicted molar refractivity (Wildman–Crippen MR) is 129 cm³/mol. The predicted octanol–water partition coefficient (Wildman–Crippen LogP) is 4.26. The third kappa shape index (κ3) is 4.94. The van der Waals surface area contributed by atoms with Crippen LogP contribution >= 0.6 is 0 Å². The Labute approximate surface area is 199 Å². The van der Waals surface area contributed by atoms with Gasteiger partial charge in [0.15, 0.2) is 11.5 Å². The Kier molecular flexibility index (Phi) is 6.65. The van der Waals surface area contributed by atoms with Gasteiger partial charge in [-0.15, -0.1) is 0 Å². The molecule has 0 saturated carbocycles. The summed E-state index contributed by atoms with van der Waals surface area (Å²) in [5.74, 6) is 1.44. The molecule has 4 rings (SSSR count). The summed E-state index contributed by atoms with van der Waals surface area (Å²) in [6, 6.07) is 16.8. The second-order valence-corrected chi connectivity index (χ2v) is 9.75. The van der Waals surface area contributed by atoms with E-state index in [1.807, 2.05) is 13.8 Å². The van der Waals surface area contributed by atoms with Crippen LogP contribution < -0.4 is 23.8 Å². The first-order valence-electron chi connectivity index (χ1n) is 10.7. The number of nitrogens with one attached hydrogen (secondary N) is 1. The van der Waals surface area contributed by atoms with E-state index in [4.69, 9.17) is 14.2 Å². The summed E-state index contributed by atoms with van der Waals surface area (Å²) in [4.78, 5) is 12.9. The summed E-state index contributed by atoms with van der Waals surface area (Å²) in [7, 11) is -2.37. The summed E-state index contributed by atoms with van der Waals surface area (Å²) in [5, 5.41) is 2.79. The molecule has 1 N–H and O–H groups in total. The highest BCUT2D eigenvalue weighted by Crippen LogP contribution is 2.34. The topological polar surface area (TPSA) is 94.2 Å². The number of anilines is 2. The number of hydrogen-bond acceptors (Lipinski definition) is 6. The van der Waals surface area contributed by atoms with Gasteiger partial charge in [0.2, 0.25) is 12.7 Å². The number of nitrogens with zero attached hydrogens (tertiary/aromatic N) is 1.